The lowest BCUT2D eigenvalue weighted by Gasteiger charge is -2.24. The number of carboxylic acid groups (broad SMARTS) is 1. The van der Waals surface area contributed by atoms with E-state index >= 15 is 0 Å². The molecular weight excluding hydrogens is 260 g/mol. The number of ether oxygens (including phenoxy) is 1. The summed E-state index contributed by atoms with van der Waals surface area (Å²) >= 11 is 0. The molecule has 4 N–H and O–H groups in total. The lowest BCUT2D eigenvalue weighted by atomic mass is 10.0. The number of carbonyl (C=O) groups is 2. The van der Waals surface area contributed by atoms with Crippen molar-refractivity contribution in [2.24, 2.45) is 0 Å². The van der Waals surface area contributed by atoms with Gasteiger partial charge >= 0.3 is 5.97 Å². The molecule has 1 aromatic carbocycles. The van der Waals surface area contributed by atoms with Gasteiger partial charge in [0.05, 0.1) is 11.3 Å². The molecule has 0 atom stereocenters. The highest BCUT2D eigenvalue weighted by Gasteiger charge is 2.18. The first-order valence-corrected chi connectivity index (χ1v) is 6.32. The van der Waals surface area contributed by atoms with Crippen LogP contribution in [-0.4, -0.2) is 29.1 Å². The van der Waals surface area contributed by atoms with Crippen LogP contribution in [0.1, 0.15) is 37.6 Å². The summed E-state index contributed by atoms with van der Waals surface area (Å²) in [4.78, 5) is 22.5. The Morgan fingerprint density at radius 2 is 2.05 bits per heavy atom. The van der Waals surface area contributed by atoms with Gasteiger partial charge in [0, 0.05) is 5.54 Å². The Kier molecular flexibility index (Phi) is 4.96. The quantitative estimate of drug-likeness (QED) is 0.688. The topological polar surface area (TPSA) is 102 Å². The second kappa shape index (κ2) is 6.27. The van der Waals surface area contributed by atoms with Gasteiger partial charge in [-0.1, -0.05) is 6.92 Å². The number of rotatable bonds is 6. The van der Waals surface area contributed by atoms with Gasteiger partial charge in [0.25, 0.3) is 5.91 Å². The highest BCUT2D eigenvalue weighted by molar-refractivity contribution is 5.89. The van der Waals surface area contributed by atoms with E-state index in [1.165, 1.54) is 18.2 Å². The van der Waals surface area contributed by atoms with Crippen LogP contribution in [0.5, 0.6) is 5.75 Å². The number of carboxylic acids is 1. The summed E-state index contributed by atoms with van der Waals surface area (Å²) in [7, 11) is 0. The van der Waals surface area contributed by atoms with E-state index in [2.05, 4.69) is 5.32 Å². The molecule has 0 radical (unpaired) electrons. The minimum Gasteiger partial charge on any atom is -0.482 e. The molecule has 0 fully saturated rings. The highest BCUT2D eigenvalue weighted by atomic mass is 16.5. The van der Waals surface area contributed by atoms with Crippen LogP contribution >= 0.6 is 0 Å². The van der Waals surface area contributed by atoms with Gasteiger partial charge in [-0.3, -0.25) is 4.79 Å². The molecule has 0 spiro atoms. The molecule has 0 aliphatic carbocycles. The van der Waals surface area contributed by atoms with Gasteiger partial charge in [0.15, 0.2) is 6.61 Å². The number of hydrogen-bond acceptors (Lipinski definition) is 4. The van der Waals surface area contributed by atoms with Crippen molar-refractivity contribution in [2.45, 2.75) is 32.7 Å². The number of anilines is 1. The van der Waals surface area contributed by atoms with Crippen molar-refractivity contribution in [3.63, 3.8) is 0 Å². The Bertz CT molecular complexity index is 512. The molecule has 20 heavy (non-hydrogen) atoms. The van der Waals surface area contributed by atoms with Crippen molar-refractivity contribution in [1.82, 2.24) is 5.32 Å². The first-order chi connectivity index (χ1) is 9.25. The maximum absolute atomic E-state index is 11.7. The third-order valence-corrected chi connectivity index (χ3v) is 2.98. The summed E-state index contributed by atoms with van der Waals surface area (Å²) in [6.45, 7) is 5.64. The zero-order valence-corrected chi connectivity index (χ0v) is 11.9. The van der Waals surface area contributed by atoms with Crippen LogP contribution in [0.2, 0.25) is 0 Å². The zero-order valence-electron chi connectivity index (χ0n) is 11.9. The Labute approximate surface area is 117 Å². The molecule has 110 valence electrons. The largest absolute Gasteiger partial charge is 0.482 e. The molecule has 0 aromatic heterocycles. The molecule has 1 amide bonds. The fourth-order valence-corrected chi connectivity index (χ4v) is 1.46. The maximum atomic E-state index is 11.7. The standard InChI is InChI=1S/C14H20N2O4/c1-4-14(2,3)16-12(17)8-20-11-6-5-9(13(18)19)7-10(11)15/h5-7H,4,8,15H2,1-3H3,(H,16,17)(H,18,19). The predicted octanol–water partition coefficient (Wildman–Crippen LogP) is 1.65. The summed E-state index contributed by atoms with van der Waals surface area (Å²) in [5, 5.41) is 11.6. The second-order valence-electron chi connectivity index (χ2n) is 5.13. The van der Waals surface area contributed by atoms with Crippen LogP contribution in [0.4, 0.5) is 5.69 Å². The Balaban J connectivity index is 2.62. The number of carbonyl (C=O) groups excluding carboxylic acids is 1. The van der Waals surface area contributed by atoms with Crippen LogP contribution in [0.15, 0.2) is 18.2 Å². The average Bonchev–Trinajstić information content (AvgIpc) is 2.36. The molecule has 0 unspecified atom stereocenters. The lowest BCUT2D eigenvalue weighted by molar-refractivity contribution is -0.124. The SMILES string of the molecule is CCC(C)(C)NC(=O)COc1ccc(C(=O)O)cc1N. The Hall–Kier alpha value is -2.24. The van der Waals surface area contributed by atoms with Gasteiger partial charge in [-0.2, -0.15) is 0 Å². The van der Waals surface area contributed by atoms with Crippen LogP contribution in [0.25, 0.3) is 0 Å². The van der Waals surface area contributed by atoms with Crippen LogP contribution in [0, 0.1) is 0 Å². The van der Waals surface area contributed by atoms with Crippen molar-refractivity contribution in [3.05, 3.63) is 23.8 Å². The van der Waals surface area contributed by atoms with Crippen molar-refractivity contribution >= 4 is 17.6 Å². The first-order valence-electron chi connectivity index (χ1n) is 6.32. The minimum atomic E-state index is -1.06. The van der Waals surface area contributed by atoms with Gasteiger partial charge in [0.1, 0.15) is 5.75 Å². The number of amides is 1. The third-order valence-electron chi connectivity index (χ3n) is 2.98. The van der Waals surface area contributed by atoms with Crippen molar-refractivity contribution in [2.75, 3.05) is 12.3 Å². The van der Waals surface area contributed by atoms with Gasteiger partial charge in [-0.25, -0.2) is 4.79 Å². The number of nitrogen functional groups attached to an aromatic ring is 1. The van der Waals surface area contributed by atoms with Gasteiger partial charge in [-0.05, 0) is 38.5 Å². The molecule has 0 bridgehead atoms. The molecule has 0 aliphatic heterocycles. The molecule has 0 aliphatic rings. The van der Waals surface area contributed by atoms with E-state index in [-0.39, 0.29) is 29.3 Å². The maximum Gasteiger partial charge on any atom is 0.335 e. The molecule has 6 nitrogen and oxygen atoms in total. The molecule has 1 rings (SSSR count). The van der Waals surface area contributed by atoms with Crippen LogP contribution < -0.4 is 15.8 Å². The summed E-state index contributed by atoms with van der Waals surface area (Å²) < 4.78 is 5.29. The van der Waals surface area contributed by atoms with E-state index in [9.17, 15) is 9.59 Å². The van der Waals surface area contributed by atoms with Crippen LogP contribution in [0.3, 0.4) is 0 Å². The van der Waals surface area contributed by atoms with Gasteiger partial charge < -0.3 is 20.9 Å². The molecule has 0 heterocycles. The number of aromatic carboxylic acids is 1. The smallest absolute Gasteiger partial charge is 0.335 e. The van der Waals surface area contributed by atoms with Crippen molar-refractivity contribution in [1.29, 1.82) is 0 Å². The monoisotopic (exact) mass is 280 g/mol. The normalized spacial score (nSPS) is 10.9. The summed E-state index contributed by atoms with van der Waals surface area (Å²) in [5.41, 5.74) is 5.65. The van der Waals surface area contributed by atoms with Gasteiger partial charge in [-0.15, -0.1) is 0 Å². The molecular formula is C14H20N2O4. The molecule has 6 heteroatoms. The number of nitrogens with two attached hydrogens (primary N) is 1. The Morgan fingerprint density at radius 3 is 2.55 bits per heavy atom. The predicted molar refractivity (Wildman–Crippen MR) is 75.8 cm³/mol. The minimum absolute atomic E-state index is 0.0754. The zero-order chi connectivity index (χ0) is 15.3. The lowest BCUT2D eigenvalue weighted by Crippen LogP contribution is -2.44. The average molecular weight is 280 g/mol. The van der Waals surface area contributed by atoms with E-state index in [4.69, 9.17) is 15.6 Å². The van der Waals surface area contributed by atoms with E-state index in [0.717, 1.165) is 6.42 Å². The first kappa shape index (κ1) is 15.8. The van der Waals surface area contributed by atoms with E-state index in [1.807, 2.05) is 20.8 Å². The number of hydrogen-bond donors (Lipinski definition) is 3. The Morgan fingerprint density at radius 1 is 1.40 bits per heavy atom. The second-order valence-corrected chi connectivity index (χ2v) is 5.13. The van der Waals surface area contributed by atoms with E-state index in [0.29, 0.717) is 5.75 Å². The van der Waals surface area contributed by atoms with Gasteiger partial charge in [0.2, 0.25) is 0 Å². The molecule has 0 saturated heterocycles. The summed E-state index contributed by atoms with van der Waals surface area (Å²) in [5.74, 6) is -1.02. The van der Waals surface area contributed by atoms with E-state index < -0.39 is 5.97 Å². The van der Waals surface area contributed by atoms with Crippen molar-refractivity contribution in [3.8, 4) is 5.75 Å². The molecule has 0 saturated carbocycles. The molecule has 1 aromatic rings. The fraction of sp³-hybridized carbons (Fsp3) is 0.429. The number of benzene rings is 1. The fourth-order valence-electron chi connectivity index (χ4n) is 1.46. The third kappa shape index (κ3) is 4.46. The van der Waals surface area contributed by atoms with Crippen molar-refractivity contribution < 1.29 is 19.4 Å². The van der Waals surface area contributed by atoms with E-state index in [1.54, 1.807) is 0 Å². The number of nitrogens with one attached hydrogen (secondary N) is 1. The summed E-state index contributed by atoms with van der Waals surface area (Å²) in [6.07, 6.45) is 0.800. The summed E-state index contributed by atoms with van der Waals surface area (Å²) in [6, 6.07) is 4.12. The van der Waals surface area contributed by atoms with Crippen LogP contribution in [-0.2, 0) is 4.79 Å². The highest BCUT2D eigenvalue weighted by Crippen LogP contribution is 2.22.